The van der Waals surface area contributed by atoms with Gasteiger partial charge in [-0.3, -0.25) is 13.9 Å². The summed E-state index contributed by atoms with van der Waals surface area (Å²) in [5.74, 6) is -0.614. The van der Waals surface area contributed by atoms with Crippen LogP contribution in [0.2, 0.25) is 0 Å². The molecule has 2 heterocycles. The first-order valence-electron chi connectivity index (χ1n) is 10.0. The molecule has 13 heteroatoms. The third kappa shape index (κ3) is 3.63. The van der Waals surface area contributed by atoms with E-state index in [9.17, 15) is 27.4 Å². The number of amidine groups is 1. The SMILES string of the molecule is NS(=O)(=O)c1ccc2c(c1)S(O)(O)N=C(c1c(O)c3ccccc3n(NC3CCC3)c1=O)N2. The average Bonchev–Trinajstić information content (AvgIpc) is 2.71. The van der Waals surface area contributed by atoms with Crippen molar-refractivity contribution in [2.75, 3.05) is 10.7 Å². The number of nitrogens with one attached hydrogen (secondary N) is 2. The van der Waals surface area contributed by atoms with Gasteiger partial charge in [0, 0.05) is 11.4 Å². The predicted molar refractivity (Wildman–Crippen MR) is 126 cm³/mol. The molecule has 0 spiro atoms. The molecular weight excluding hydrogens is 470 g/mol. The molecule has 1 aliphatic heterocycles. The van der Waals surface area contributed by atoms with Gasteiger partial charge in [0.15, 0.2) is 5.84 Å². The summed E-state index contributed by atoms with van der Waals surface area (Å²) in [5, 5.41) is 19.3. The van der Waals surface area contributed by atoms with Gasteiger partial charge in [-0.05, 0) is 49.6 Å². The minimum Gasteiger partial charge on any atom is -0.506 e. The Bertz CT molecular complexity index is 1490. The highest BCUT2D eigenvalue weighted by Gasteiger charge is 2.32. The lowest BCUT2D eigenvalue weighted by molar-refractivity contribution is 0.414. The highest BCUT2D eigenvalue weighted by atomic mass is 32.3. The molecule has 3 aromatic rings. The van der Waals surface area contributed by atoms with Crippen molar-refractivity contribution >= 4 is 43.2 Å². The zero-order chi connectivity index (χ0) is 23.5. The van der Waals surface area contributed by atoms with Crippen LogP contribution in [0.1, 0.15) is 24.8 Å². The number of nitrogens with zero attached hydrogens (tertiary/aromatic N) is 2. The van der Waals surface area contributed by atoms with Crippen LogP contribution in [-0.4, -0.2) is 39.2 Å². The number of nitrogens with two attached hydrogens (primary N) is 1. The van der Waals surface area contributed by atoms with Crippen molar-refractivity contribution in [2.45, 2.75) is 35.1 Å². The number of aromatic hydroxyl groups is 1. The number of fused-ring (bicyclic) bond motifs is 2. The normalized spacial score (nSPS) is 18.6. The Morgan fingerprint density at radius 2 is 1.91 bits per heavy atom. The fourth-order valence-electron chi connectivity index (χ4n) is 3.83. The lowest BCUT2D eigenvalue weighted by Crippen LogP contribution is -2.42. The van der Waals surface area contributed by atoms with Crippen molar-refractivity contribution in [1.29, 1.82) is 0 Å². The van der Waals surface area contributed by atoms with Crippen LogP contribution < -0.4 is 21.4 Å². The second-order valence-corrected chi connectivity index (χ2v) is 11.1. The molecule has 174 valence electrons. The molecule has 0 atom stereocenters. The summed E-state index contributed by atoms with van der Waals surface area (Å²) >= 11 is 0. The summed E-state index contributed by atoms with van der Waals surface area (Å²) in [5.41, 5.74) is 2.89. The molecular formula is C20H21N5O6S2. The van der Waals surface area contributed by atoms with E-state index in [0.29, 0.717) is 10.9 Å². The van der Waals surface area contributed by atoms with Crippen LogP contribution in [0.15, 0.2) is 61.4 Å². The molecule has 0 amide bonds. The van der Waals surface area contributed by atoms with E-state index in [2.05, 4.69) is 15.1 Å². The van der Waals surface area contributed by atoms with Crippen LogP contribution in [0.25, 0.3) is 10.9 Å². The Morgan fingerprint density at radius 1 is 1.18 bits per heavy atom. The quantitative estimate of drug-likeness (QED) is 0.322. The minimum atomic E-state index is -4.09. The molecule has 33 heavy (non-hydrogen) atoms. The zero-order valence-electron chi connectivity index (χ0n) is 17.1. The first-order chi connectivity index (χ1) is 15.6. The smallest absolute Gasteiger partial charge is 0.284 e. The standard InChI is InChI=1S/C20H21N5O6S2/c21-32(28,29)12-8-9-14-16(10-12)33(30,31)24-19(22-14)17-18(26)13-6-1-2-7-15(13)25(20(17)27)23-11-4-3-5-11/h1-2,6-11,23,26,30-31H,3-5H2,(H,22,24)(H2,21,28,29). The number of hydrogen-bond acceptors (Lipinski definition) is 9. The van der Waals surface area contributed by atoms with Crippen LogP contribution in [0.5, 0.6) is 5.75 Å². The van der Waals surface area contributed by atoms with Gasteiger partial charge < -0.3 is 15.8 Å². The van der Waals surface area contributed by atoms with Crippen molar-refractivity contribution < 1.29 is 22.6 Å². The van der Waals surface area contributed by atoms with Crippen LogP contribution in [0.3, 0.4) is 0 Å². The van der Waals surface area contributed by atoms with Gasteiger partial charge >= 0.3 is 0 Å². The predicted octanol–water partition coefficient (Wildman–Crippen LogP) is 2.35. The Balaban J connectivity index is 1.69. The fourth-order valence-corrected chi connectivity index (χ4v) is 5.64. The van der Waals surface area contributed by atoms with Gasteiger partial charge in [0.25, 0.3) is 5.56 Å². The van der Waals surface area contributed by atoms with Crippen molar-refractivity contribution in [1.82, 2.24) is 4.68 Å². The highest BCUT2D eigenvalue weighted by molar-refractivity contribution is 8.23. The van der Waals surface area contributed by atoms with Crippen molar-refractivity contribution in [3.8, 4) is 5.75 Å². The first-order valence-corrected chi connectivity index (χ1v) is 13.1. The van der Waals surface area contributed by atoms with E-state index in [1.807, 2.05) is 0 Å². The van der Waals surface area contributed by atoms with Crippen molar-refractivity contribution in [3.05, 3.63) is 58.4 Å². The number of hydrogen-bond donors (Lipinski definition) is 6. The van der Waals surface area contributed by atoms with Crippen LogP contribution in [-0.2, 0) is 10.0 Å². The topological polar surface area (TPSA) is 179 Å². The van der Waals surface area contributed by atoms with Gasteiger partial charge in [-0.15, -0.1) is 4.40 Å². The second-order valence-electron chi connectivity index (χ2n) is 7.92. The molecule has 2 aliphatic rings. The maximum atomic E-state index is 13.5. The number of para-hydroxylation sites is 1. The summed E-state index contributed by atoms with van der Waals surface area (Å²) in [6.07, 6.45) is 2.84. The molecule has 1 saturated carbocycles. The number of primary sulfonamides is 1. The molecule has 11 nitrogen and oxygen atoms in total. The van der Waals surface area contributed by atoms with Gasteiger partial charge in [0.1, 0.15) is 16.2 Å². The van der Waals surface area contributed by atoms with E-state index in [0.717, 1.165) is 25.3 Å². The highest BCUT2D eigenvalue weighted by Crippen LogP contribution is 2.56. The lowest BCUT2D eigenvalue weighted by atomic mass is 9.94. The van der Waals surface area contributed by atoms with Crippen LogP contribution in [0.4, 0.5) is 5.69 Å². The van der Waals surface area contributed by atoms with Crippen LogP contribution >= 0.6 is 10.8 Å². The summed E-state index contributed by atoms with van der Waals surface area (Å²) in [6.45, 7) is 0. The number of anilines is 1. The number of aromatic nitrogens is 1. The third-order valence-corrected chi connectivity index (χ3v) is 8.03. The number of rotatable bonds is 4. The number of pyridine rings is 1. The Kier molecular flexibility index (Phi) is 4.91. The molecule has 0 bridgehead atoms. The van der Waals surface area contributed by atoms with Gasteiger partial charge in [0.2, 0.25) is 10.0 Å². The zero-order valence-corrected chi connectivity index (χ0v) is 18.7. The first kappa shape index (κ1) is 21.7. The largest absolute Gasteiger partial charge is 0.506 e. The molecule has 1 aromatic heterocycles. The fraction of sp³-hybridized carbons (Fsp3) is 0.200. The van der Waals surface area contributed by atoms with Crippen molar-refractivity contribution in [3.63, 3.8) is 0 Å². The molecule has 1 aliphatic carbocycles. The third-order valence-electron chi connectivity index (χ3n) is 5.76. The Morgan fingerprint density at radius 3 is 2.58 bits per heavy atom. The average molecular weight is 492 g/mol. The van der Waals surface area contributed by atoms with Gasteiger partial charge in [-0.1, -0.05) is 22.9 Å². The maximum absolute atomic E-state index is 13.5. The number of sulfonamides is 1. The molecule has 2 aromatic carbocycles. The molecule has 0 unspecified atom stereocenters. The number of benzene rings is 2. The monoisotopic (exact) mass is 491 g/mol. The van der Waals surface area contributed by atoms with Gasteiger partial charge in [-0.2, -0.15) is 0 Å². The second kappa shape index (κ2) is 7.46. The Labute approximate surface area is 190 Å². The van der Waals surface area contributed by atoms with E-state index in [1.54, 1.807) is 24.3 Å². The molecule has 7 N–H and O–H groups in total. The summed E-state index contributed by atoms with van der Waals surface area (Å²) in [7, 11) is -8.00. The molecule has 0 radical (unpaired) electrons. The Hall–Kier alpha value is -3.10. The van der Waals surface area contributed by atoms with E-state index in [-0.39, 0.29) is 38.7 Å². The molecule has 5 rings (SSSR count). The van der Waals surface area contributed by atoms with Crippen molar-refractivity contribution in [2.24, 2.45) is 9.54 Å². The van der Waals surface area contributed by atoms with Gasteiger partial charge in [0.05, 0.1) is 16.1 Å². The summed E-state index contributed by atoms with van der Waals surface area (Å²) < 4.78 is 49.9. The molecule has 1 fully saturated rings. The minimum absolute atomic E-state index is 0.0995. The molecule has 0 saturated heterocycles. The maximum Gasteiger partial charge on any atom is 0.284 e. The summed E-state index contributed by atoms with van der Waals surface area (Å²) in [6, 6.07) is 10.4. The van der Waals surface area contributed by atoms with E-state index < -0.39 is 26.4 Å². The summed E-state index contributed by atoms with van der Waals surface area (Å²) in [4.78, 5) is 13.0. The van der Waals surface area contributed by atoms with E-state index in [1.165, 1.54) is 16.8 Å². The van der Waals surface area contributed by atoms with Crippen LogP contribution in [0, 0.1) is 0 Å². The van der Waals surface area contributed by atoms with E-state index in [4.69, 9.17) is 5.14 Å². The van der Waals surface area contributed by atoms with Gasteiger partial charge in [-0.25, -0.2) is 18.2 Å². The van der Waals surface area contributed by atoms with E-state index >= 15 is 0 Å². The lowest BCUT2D eigenvalue weighted by Gasteiger charge is -2.34.